The first-order chi connectivity index (χ1) is 13.1. The molecule has 0 atom stereocenters. The maximum Gasteiger partial charge on any atom is 0.415 e. The molecule has 3 heterocycles. The minimum atomic E-state index is -0.418. The minimum Gasteiger partial charge on any atom is -0.410 e. The number of amides is 1. The summed E-state index contributed by atoms with van der Waals surface area (Å²) < 4.78 is 5.58. The zero-order valence-electron chi connectivity index (χ0n) is 14.9. The summed E-state index contributed by atoms with van der Waals surface area (Å²) in [5, 5.41) is 10.7. The molecule has 0 saturated carbocycles. The molecule has 7 heteroatoms. The van der Waals surface area contributed by atoms with Crippen LogP contribution >= 0.6 is 0 Å². The van der Waals surface area contributed by atoms with E-state index in [1.165, 1.54) is 12.1 Å². The number of fused-ring (bicyclic) bond motifs is 4. The summed E-state index contributed by atoms with van der Waals surface area (Å²) in [6.07, 6.45) is 1.73. The lowest BCUT2D eigenvalue weighted by molar-refractivity contribution is -0.384. The second kappa shape index (κ2) is 7.36. The van der Waals surface area contributed by atoms with Gasteiger partial charge in [0, 0.05) is 44.4 Å². The monoisotopic (exact) mass is 367 g/mol. The number of benzene rings is 2. The summed E-state index contributed by atoms with van der Waals surface area (Å²) in [7, 11) is 0. The molecular formula is C20H21N3O4. The number of nitro benzene ring substituents is 1. The van der Waals surface area contributed by atoms with Crippen LogP contribution in [0, 0.1) is 10.1 Å². The van der Waals surface area contributed by atoms with Gasteiger partial charge < -0.3 is 14.5 Å². The van der Waals surface area contributed by atoms with Crippen molar-refractivity contribution in [3.8, 4) is 16.9 Å². The van der Waals surface area contributed by atoms with Crippen LogP contribution in [0.2, 0.25) is 0 Å². The van der Waals surface area contributed by atoms with Gasteiger partial charge in [0.2, 0.25) is 0 Å². The Bertz CT molecular complexity index is 827. The fourth-order valence-electron chi connectivity index (χ4n) is 3.78. The first-order valence-electron chi connectivity index (χ1n) is 9.16. The van der Waals surface area contributed by atoms with Gasteiger partial charge in [-0.2, -0.15) is 0 Å². The molecule has 0 spiro atoms. The molecule has 0 unspecified atom stereocenters. The third-order valence-corrected chi connectivity index (χ3v) is 5.36. The number of non-ortho nitro benzene ring substituents is 1. The Morgan fingerprint density at radius 1 is 0.926 bits per heavy atom. The Labute approximate surface area is 157 Å². The number of rotatable bonds is 3. The number of carbonyl (C=O) groups is 1. The number of ether oxygens (including phenoxy) is 1. The maximum absolute atomic E-state index is 12.6. The number of hydrogen-bond donors (Lipinski definition) is 0. The minimum absolute atomic E-state index is 0.0622. The van der Waals surface area contributed by atoms with Gasteiger partial charge in [0.1, 0.15) is 5.75 Å². The third kappa shape index (κ3) is 3.78. The first-order valence-corrected chi connectivity index (χ1v) is 9.16. The molecule has 2 aromatic rings. The smallest absolute Gasteiger partial charge is 0.410 e. The molecule has 0 radical (unpaired) electrons. The van der Waals surface area contributed by atoms with E-state index in [1.54, 1.807) is 24.3 Å². The van der Waals surface area contributed by atoms with Crippen LogP contribution in [0.15, 0.2) is 48.5 Å². The molecular weight excluding hydrogens is 346 g/mol. The van der Waals surface area contributed by atoms with Crippen molar-refractivity contribution in [2.24, 2.45) is 0 Å². The highest BCUT2D eigenvalue weighted by Gasteiger charge is 2.32. The van der Waals surface area contributed by atoms with Crippen LogP contribution in [0.3, 0.4) is 0 Å². The second-order valence-corrected chi connectivity index (χ2v) is 6.96. The topological polar surface area (TPSA) is 75.9 Å². The Morgan fingerprint density at radius 2 is 1.52 bits per heavy atom. The summed E-state index contributed by atoms with van der Waals surface area (Å²) in [6.45, 7) is 3.73. The van der Waals surface area contributed by atoms with Gasteiger partial charge in [-0.05, 0) is 48.2 Å². The first kappa shape index (κ1) is 17.5. The molecule has 3 saturated heterocycles. The van der Waals surface area contributed by atoms with Crippen molar-refractivity contribution in [3.05, 3.63) is 58.6 Å². The van der Waals surface area contributed by atoms with Crippen LogP contribution in [0.1, 0.15) is 12.8 Å². The van der Waals surface area contributed by atoms with Crippen molar-refractivity contribution < 1.29 is 14.5 Å². The lowest BCUT2D eigenvalue weighted by Crippen LogP contribution is -2.43. The molecule has 0 aliphatic carbocycles. The van der Waals surface area contributed by atoms with Gasteiger partial charge in [0.15, 0.2) is 0 Å². The molecule has 5 rings (SSSR count). The van der Waals surface area contributed by atoms with Gasteiger partial charge in [0.05, 0.1) is 4.92 Å². The fourth-order valence-corrected chi connectivity index (χ4v) is 3.78. The maximum atomic E-state index is 12.6. The Morgan fingerprint density at radius 3 is 2.11 bits per heavy atom. The molecule has 3 fully saturated rings. The lowest BCUT2D eigenvalue weighted by Gasteiger charge is -2.30. The third-order valence-electron chi connectivity index (χ3n) is 5.36. The van der Waals surface area contributed by atoms with E-state index in [-0.39, 0.29) is 17.8 Å². The van der Waals surface area contributed by atoms with Gasteiger partial charge >= 0.3 is 6.09 Å². The van der Waals surface area contributed by atoms with Crippen molar-refractivity contribution in [1.82, 2.24) is 9.80 Å². The van der Waals surface area contributed by atoms with E-state index in [0.717, 1.165) is 43.6 Å². The molecule has 3 aliphatic rings. The molecule has 27 heavy (non-hydrogen) atoms. The quantitative estimate of drug-likeness (QED) is 0.613. The van der Waals surface area contributed by atoms with E-state index < -0.39 is 4.92 Å². The average Bonchev–Trinajstić information content (AvgIpc) is 3.03. The highest BCUT2D eigenvalue weighted by Crippen LogP contribution is 2.26. The Balaban J connectivity index is 1.43. The van der Waals surface area contributed by atoms with E-state index >= 15 is 0 Å². The van der Waals surface area contributed by atoms with Gasteiger partial charge in [-0.1, -0.05) is 12.1 Å². The predicted octanol–water partition coefficient (Wildman–Crippen LogP) is 3.54. The highest BCUT2D eigenvalue weighted by molar-refractivity contribution is 5.72. The van der Waals surface area contributed by atoms with E-state index in [1.807, 2.05) is 17.0 Å². The van der Waals surface area contributed by atoms with Crippen LogP contribution in [-0.2, 0) is 0 Å². The summed E-state index contributed by atoms with van der Waals surface area (Å²) in [5.74, 6) is 0.504. The van der Waals surface area contributed by atoms with Crippen LogP contribution in [0.4, 0.5) is 10.5 Å². The van der Waals surface area contributed by atoms with Crippen molar-refractivity contribution in [3.63, 3.8) is 0 Å². The molecule has 0 N–H and O–H groups in total. The summed E-state index contributed by atoms with van der Waals surface area (Å²) in [4.78, 5) is 27.2. The molecule has 0 aromatic heterocycles. The second-order valence-electron chi connectivity index (χ2n) is 6.96. The Kier molecular flexibility index (Phi) is 4.77. The van der Waals surface area contributed by atoms with Crippen molar-refractivity contribution in [1.29, 1.82) is 0 Å². The van der Waals surface area contributed by atoms with Crippen molar-refractivity contribution in [2.45, 2.75) is 18.9 Å². The number of carbonyl (C=O) groups excluding carboxylic acids is 1. The zero-order chi connectivity index (χ0) is 18.8. The standard InChI is InChI=1S/C20H21N3O4/c24-20(22-14-13-21-11-9-17(22)10-12-21)27-19-7-3-16(4-8-19)15-1-5-18(6-2-15)23(25)26/h1-8,17H,9-14H2. The van der Waals surface area contributed by atoms with Crippen LogP contribution in [0.25, 0.3) is 11.1 Å². The Hall–Kier alpha value is -2.93. The van der Waals surface area contributed by atoms with Gasteiger partial charge in [-0.15, -0.1) is 0 Å². The highest BCUT2D eigenvalue weighted by atomic mass is 16.6. The van der Waals surface area contributed by atoms with Crippen LogP contribution in [-0.4, -0.2) is 53.0 Å². The lowest BCUT2D eigenvalue weighted by atomic mass is 10.1. The van der Waals surface area contributed by atoms with Crippen LogP contribution in [0.5, 0.6) is 5.75 Å². The largest absolute Gasteiger partial charge is 0.415 e. The number of nitrogens with zero attached hydrogens (tertiary/aromatic N) is 3. The molecule has 140 valence electrons. The van der Waals surface area contributed by atoms with E-state index in [9.17, 15) is 14.9 Å². The molecule has 2 bridgehead atoms. The average molecular weight is 367 g/mol. The van der Waals surface area contributed by atoms with E-state index in [4.69, 9.17) is 4.74 Å². The zero-order valence-corrected chi connectivity index (χ0v) is 14.9. The number of nitro groups is 1. The summed E-state index contributed by atoms with van der Waals surface area (Å²) in [6, 6.07) is 13.9. The normalized spacial score (nSPS) is 21.6. The SMILES string of the molecule is O=C(Oc1ccc(-c2ccc([N+](=O)[O-])cc2)cc1)N1CCN2CCC1CC2. The fraction of sp³-hybridized carbons (Fsp3) is 0.350. The molecule has 1 amide bonds. The van der Waals surface area contributed by atoms with Crippen molar-refractivity contribution in [2.75, 3.05) is 26.2 Å². The number of hydrogen-bond acceptors (Lipinski definition) is 5. The van der Waals surface area contributed by atoms with Crippen molar-refractivity contribution >= 4 is 11.8 Å². The molecule has 7 nitrogen and oxygen atoms in total. The summed E-state index contributed by atoms with van der Waals surface area (Å²) >= 11 is 0. The number of piperidine rings is 1. The van der Waals surface area contributed by atoms with Gasteiger partial charge in [-0.25, -0.2) is 4.79 Å². The van der Waals surface area contributed by atoms with E-state index in [0.29, 0.717) is 12.3 Å². The van der Waals surface area contributed by atoms with Gasteiger partial charge in [-0.3, -0.25) is 10.1 Å². The molecule has 3 aliphatic heterocycles. The predicted molar refractivity (Wildman–Crippen MR) is 101 cm³/mol. The van der Waals surface area contributed by atoms with E-state index in [2.05, 4.69) is 4.90 Å². The summed E-state index contributed by atoms with van der Waals surface area (Å²) in [5.41, 5.74) is 1.84. The van der Waals surface area contributed by atoms with Gasteiger partial charge in [0.25, 0.3) is 5.69 Å². The van der Waals surface area contributed by atoms with Crippen LogP contribution < -0.4 is 4.74 Å². The molecule has 2 aromatic carbocycles.